The third-order valence-corrected chi connectivity index (χ3v) is 2.67. The zero-order valence-corrected chi connectivity index (χ0v) is 9.71. The van der Waals surface area contributed by atoms with Gasteiger partial charge in [-0.2, -0.15) is 4.98 Å². The average molecular weight is 251 g/mol. The highest BCUT2D eigenvalue weighted by Crippen LogP contribution is 2.13. The predicted molar refractivity (Wildman–Crippen MR) is 63.7 cm³/mol. The molecule has 0 aliphatic heterocycles. The maximum Gasteiger partial charge on any atom is 0.357 e. The summed E-state index contributed by atoms with van der Waals surface area (Å²) in [6.07, 6.45) is 0. The molecule has 0 aliphatic rings. The number of benzene rings is 1. The number of nitrogens with one attached hydrogen (secondary N) is 2. The van der Waals surface area contributed by atoms with E-state index in [-0.39, 0.29) is 11.0 Å². The van der Waals surface area contributed by atoms with E-state index in [1.165, 1.54) is 0 Å². The molecule has 2 rings (SSSR count). The lowest BCUT2D eigenvalue weighted by Crippen LogP contribution is -2.12. The zero-order chi connectivity index (χ0) is 12.3. The Morgan fingerprint density at radius 2 is 2.12 bits per heavy atom. The fourth-order valence-electron chi connectivity index (χ4n) is 1.20. The van der Waals surface area contributed by atoms with E-state index in [2.05, 4.69) is 14.7 Å². The molecular weight excluding hydrogens is 242 g/mol. The van der Waals surface area contributed by atoms with Gasteiger partial charge in [-0.25, -0.2) is 4.79 Å². The normalized spacial score (nSPS) is 9.94. The third-order valence-electron chi connectivity index (χ3n) is 2.01. The van der Waals surface area contributed by atoms with Crippen LogP contribution in [0, 0.1) is 0 Å². The fraction of sp³-hybridized carbons (Fsp3) is 0.100. The highest BCUT2D eigenvalue weighted by Gasteiger charge is 2.08. The van der Waals surface area contributed by atoms with E-state index >= 15 is 0 Å². The number of aromatic amines is 1. The van der Waals surface area contributed by atoms with Crippen LogP contribution >= 0.6 is 11.5 Å². The SMILES string of the molecule is COc1ccc(C(=O)Nc2nc(=O)[nH]s2)cc1. The van der Waals surface area contributed by atoms with Gasteiger partial charge in [0.15, 0.2) is 0 Å². The van der Waals surface area contributed by atoms with E-state index in [1.54, 1.807) is 31.4 Å². The van der Waals surface area contributed by atoms with Crippen LogP contribution in [0.2, 0.25) is 0 Å². The highest BCUT2D eigenvalue weighted by molar-refractivity contribution is 7.09. The van der Waals surface area contributed by atoms with Gasteiger partial charge in [0.05, 0.1) is 7.11 Å². The Morgan fingerprint density at radius 3 is 2.65 bits per heavy atom. The maximum absolute atomic E-state index is 11.7. The van der Waals surface area contributed by atoms with Crippen molar-refractivity contribution in [3.63, 3.8) is 0 Å². The Hall–Kier alpha value is -2.15. The number of anilines is 1. The average Bonchev–Trinajstić information content (AvgIpc) is 2.75. The van der Waals surface area contributed by atoms with E-state index in [0.29, 0.717) is 11.3 Å². The number of ether oxygens (including phenoxy) is 1. The third kappa shape index (κ3) is 2.70. The van der Waals surface area contributed by atoms with Gasteiger partial charge in [0.2, 0.25) is 5.13 Å². The second kappa shape index (κ2) is 4.79. The van der Waals surface area contributed by atoms with Gasteiger partial charge in [-0.3, -0.25) is 14.5 Å². The van der Waals surface area contributed by atoms with Crippen molar-refractivity contribution in [1.82, 2.24) is 9.36 Å². The molecule has 0 bridgehead atoms. The molecule has 0 aliphatic carbocycles. The van der Waals surface area contributed by atoms with E-state index in [0.717, 1.165) is 11.5 Å². The largest absolute Gasteiger partial charge is 0.497 e. The molecule has 0 saturated heterocycles. The number of carbonyl (C=O) groups excluding carboxylic acids is 1. The Kier molecular flexibility index (Phi) is 3.20. The monoisotopic (exact) mass is 251 g/mol. The minimum atomic E-state index is -0.472. The molecule has 1 aromatic carbocycles. The van der Waals surface area contributed by atoms with Crippen LogP contribution in [0.4, 0.5) is 5.13 Å². The summed E-state index contributed by atoms with van der Waals surface area (Å²) in [6.45, 7) is 0. The molecular formula is C10H9N3O3S. The van der Waals surface area contributed by atoms with Crippen LogP contribution in [-0.2, 0) is 0 Å². The van der Waals surface area contributed by atoms with Crippen molar-refractivity contribution in [2.75, 3.05) is 12.4 Å². The second-order valence-corrected chi connectivity index (χ2v) is 3.90. The van der Waals surface area contributed by atoms with Crippen LogP contribution in [0.3, 0.4) is 0 Å². The van der Waals surface area contributed by atoms with Crippen molar-refractivity contribution in [2.24, 2.45) is 0 Å². The predicted octanol–water partition coefficient (Wildman–Crippen LogP) is 1.09. The smallest absolute Gasteiger partial charge is 0.357 e. The molecule has 1 heterocycles. The van der Waals surface area contributed by atoms with Crippen molar-refractivity contribution in [2.45, 2.75) is 0 Å². The van der Waals surface area contributed by atoms with Crippen LogP contribution in [0.1, 0.15) is 10.4 Å². The van der Waals surface area contributed by atoms with Gasteiger partial charge in [0.1, 0.15) is 5.75 Å². The number of nitrogens with zero attached hydrogens (tertiary/aromatic N) is 1. The first-order chi connectivity index (χ1) is 8.19. The molecule has 0 spiro atoms. The summed E-state index contributed by atoms with van der Waals surface area (Å²) in [5.74, 6) is 0.348. The lowest BCUT2D eigenvalue weighted by molar-refractivity contribution is 0.102. The second-order valence-electron chi connectivity index (χ2n) is 3.11. The number of hydrogen-bond acceptors (Lipinski definition) is 5. The van der Waals surface area contributed by atoms with Crippen molar-refractivity contribution in [1.29, 1.82) is 0 Å². The zero-order valence-electron chi connectivity index (χ0n) is 8.89. The molecule has 1 aromatic heterocycles. The minimum Gasteiger partial charge on any atom is -0.497 e. The van der Waals surface area contributed by atoms with E-state index in [1.807, 2.05) is 0 Å². The summed E-state index contributed by atoms with van der Waals surface area (Å²) in [6, 6.07) is 6.62. The standard InChI is InChI=1S/C10H9N3O3S/c1-16-7-4-2-6(3-5-7)8(14)11-10-12-9(15)13-17-10/h2-5H,1H3,(H2,11,12,13,14,15). The van der Waals surface area contributed by atoms with Crippen LogP contribution in [0.5, 0.6) is 5.75 Å². The lowest BCUT2D eigenvalue weighted by Gasteiger charge is -2.02. The molecule has 2 aromatic rings. The lowest BCUT2D eigenvalue weighted by atomic mass is 10.2. The van der Waals surface area contributed by atoms with Crippen molar-refractivity contribution in [3.8, 4) is 5.75 Å². The first-order valence-electron chi connectivity index (χ1n) is 4.70. The molecule has 7 heteroatoms. The van der Waals surface area contributed by atoms with Crippen LogP contribution < -0.4 is 15.7 Å². The summed E-state index contributed by atoms with van der Waals surface area (Å²) in [4.78, 5) is 26.1. The number of methoxy groups -OCH3 is 1. The van der Waals surface area contributed by atoms with Crippen LogP contribution in [0.25, 0.3) is 0 Å². The topological polar surface area (TPSA) is 84.1 Å². The van der Waals surface area contributed by atoms with Gasteiger partial charge in [-0.05, 0) is 35.8 Å². The molecule has 0 atom stereocenters. The molecule has 17 heavy (non-hydrogen) atoms. The van der Waals surface area contributed by atoms with Crippen molar-refractivity contribution in [3.05, 3.63) is 40.3 Å². The molecule has 6 nitrogen and oxygen atoms in total. The van der Waals surface area contributed by atoms with E-state index < -0.39 is 5.69 Å². The Labute approximate surface area is 100 Å². The summed E-state index contributed by atoms with van der Waals surface area (Å²) in [5, 5.41) is 2.76. The van der Waals surface area contributed by atoms with Crippen LogP contribution in [-0.4, -0.2) is 22.4 Å². The summed E-state index contributed by atoms with van der Waals surface area (Å²) >= 11 is 0.975. The number of rotatable bonds is 3. The van der Waals surface area contributed by atoms with Gasteiger partial charge in [0.25, 0.3) is 5.91 Å². The summed E-state index contributed by atoms with van der Waals surface area (Å²) < 4.78 is 7.37. The number of carbonyl (C=O) groups is 1. The van der Waals surface area contributed by atoms with E-state index in [9.17, 15) is 9.59 Å². The molecule has 0 fully saturated rings. The number of amides is 1. The first kappa shape index (κ1) is 11.3. The number of hydrogen-bond donors (Lipinski definition) is 2. The number of H-pyrrole nitrogens is 1. The molecule has 0 saturated carbocycles. The number of aromatic nitrogens is 2. The van der Waals surface area contributed by atoms with Crippen molar-refractivity contribution < 1.29 is 9.53 Å². The van der Waals surface area contributed by atoms with Crippen LogP contribution in [0.15, 0.2) is 29.1 Å². The van der Waals surface area contributed by atoms with Crippen molar-refractivity contribution >= 4 is 22.6 Å². The van der Waals surface area contributed by atoms with Gasteiger partial charge in [-0.15, -0.1) is 0 Å². The summed E-state index contributed by atoms with van der Waals surface area (Å²) in [5.41, 5.74) is -0.00604. The fourth-order valence-corrected chi connectivity index (χ4v) is 1.70. The minimum absolute atomic E-state index is 0.246. The first-order valence-corrected chi connectivity index (χ1v) is 5.51. The quantitative estimate of drug-likeness (QED) is 0.855. The Bertz CT molecular complexity index is 573. The summed E-state index contributed by atoms with van der Waals surface area (Å²) in [7, 11) is 1.55. The van der Waals surface area contributed by atoms with Gasteiger partial charge in [0, 0.05) is 5.56 Å². The Balaban J connectivity index is 2.11. The van der Waals surface area contributed by atoms with Gasteiger partial charge >= 0.3 is 5.69 Å². The molecule has 2 N–H and O–H groups in total. The van der Waals surface area contributed by atoms with Gasteiger partial charge < -0.3 is 4.74 Å². The molecule has 0 radical (unpaired) electrons. The van der Waals surface area contributed by atoms with Gasteiger partial charge in [-0.1, -0.05) is 0 Å². The maximum atomic E-state index is 11.7. The highest BCUT2D eigenvalue weighted by atomic mass is 32.1. The molecule has 88 valence electrons. The molecule has 0 unspecified atom stereocenters. The molecule has 1 amide bonds. The van der Waals surface area contributed by atoms with E-state index in [4.69, 9.17) is 4.74 Å². The Morgan fingerprint density at radius 1 is 1.41 bits per heavy atom.